The number of aromatic nitrogens is 4. The molecule has 0 saturated carbocycles. The molecule has 4 heterocycles. The maximum Gasteiger partial charge on any atom is 0.215 e. The van der Waals surface area contributed by atoms with Gasteiger partial charge in [-0.3, -0.25) is 0 Å². The summed E-state index contributed by atoms with van der Waals surface area (Å²) in [6, 6.07) is 5.81. The lowest BCUT2D eigenvalue weighted by atomic mass is 10.1. The van der Waals surface area contributed by atoms with Crippen LogP contribution in [0, 0.1) is 0 Å². The third kappa shape index (κ3) is 4.31. The van der Waals surface area contributed by atoms with Gasteiger partial charge in [0.25, 0.3) is 0 Å². The Morgan fingerprint density at radius 2 is 2.07 bits per heavy atom. The molecule has 1 fully saturated rings. The summed E-state index contributed by atoms with van der Waals surface area (Å²) in [5.74, 6) is 2.28. The molecule has 1 aliphatic rings. The maximum absolute atomic E-state index is 6.08. The van der Waals surface area contributed by atoms with Gasteiger partial charge in [-0.15, -0.1) is 0 Å². The molecule has 4 rings (SSSR count). The Balaban J connectivity index is 0.000000706. The van der Waals surface area contributed by atoms with Crippen LogP contribution in [0.1, 0.15) is 6.92 Å². The van der Waals surface area contributed by atoms with E-state index in [1.165, 1.54) is 0 Å². The maximum atomic E-state index is 6.08. The highest BCUT2D eigenvalue weighted by Gasteiger charge is 2.22. The second-order valence-electron chi connectivity index (χ2n) is 6.45. The number of hydrogen-bond acceptors (Lipinski definition) is 8. The number of nitrogen functional groups attached to an aromatic ring is 1. The molecule has 28 heavy (non-hydrogen) atoms. The van der Waals surface area contributed by atoms with Gasteiger partial charge in [-0.2, -0.15) is 16.7 Å². The third-order valence-electron chi connectivity index (χ3n) is 4.35. The highest BCUT2D eigenvalue weighted by atomic mass is 32.2. The van der Waals surface area contributed by atoms with E-state index >= 15 is 0 Å². The molecular weight excluding hydrogens is 376 g/mol. The van der Waals surface area contributed by atoms with Crippen LogP contribution in [-0.4, -0.2) is 65.4 Å². The van der Waals surface area contributed by atoms with Crippen LogP contribution in [0.3, 0.4) is 0 Å². The molecule has 9 heteroatoms. The second-order valence-corrected chi connectivity index (χ2v) is 7.27. The number of H-pyrrole nitrogens is 1. The minimum atomic E-state index is 0.232. The van der Waals surface area contributed by atoms with Crippen molar-refractivity contribution < 1.29 is 9.47 Å². The summed E-state index contributed by atoms with van der Waals surface area (Å²) in [7, 11) is 1.59. The number of anilines is 2. The van der Waals surface area contributed by atoms with Gasteiger partial charge < -0.3 is 25.1 Å². The molecule has 3 aromatic heterocycles. The smallest absolute Gasteiger partial charge is 0.215 e. The van der Waals surface area contributed by atoms with Gasteiger partial charge in [0, 0.05) is 35.8 Å². The first-order chi connectivity index (χ1) is 13.6. The number of hydrogen-bond donors (Lipinski definition) is 2. The van der Waals surface area contributed by atoms with Crippen LogP contribution in [0.5, 0.6) is 5.88 Å². The Labute approximate surface area is 168 Å². The molecule has 8 nitrogen and oxygen atoms in total. The molecule has 1 saturated heterocycles. The summed E-state index contributed by atoms with van der Waals surface area (Å²) in [5, 5.41) is 0.923. The summed E-state index contributed by atoms with van der Waals surface area (Å²) < 4.78 is 10.8. The van der Waals surface area contributed by atoms with Crippen LogP contribution in [-0.2, 0) is 4.74 Å². The molecule has 1 unspecified atom stereocenters. The fourth-order valence-corrected chi connectivity index (χ4v) is 3.09. The number of nitrogens with one attached hydrogen (secondary N) is 1. The third-order valence-corrected chi connectivity index (χ3v) is 4.35. The van der Waals surface area contributed by atoms with E-state index in [2.05, 4.69) is 26.8 Å². The van der Waals surface area contributed by atoms with Gasteiger partial charge in [0.05, 0.1) is 26.4 Å². The molecule has 1 atom stereocenters. The summed E-state index contributed by atoms with van der Waals surface area (Å²) in [6.07, 6.45) is 5.91. The van der Waals surface area contributed by atoms with E-state index in [1.54, 1.807) is 24.9 Å². The van der Waals surface area contributed by atoms with E-state index in [4.69, 9.17) is 20.2 Å². The minimum absolute atomic E-state index is 0.232. The van der Waals surface area contributed by atoms with Crippen molar-refractivity contribution in [3.05, 3.63) is 24.4 Å². The Bertz CT molecular complexity index is 932. The molecule has 3 aromatic rings. The van der Waals surface area contributed by atoms with E-state index in [-0.39, 0.29) is 6.04 Å². The molecule has 1 aliphatic heterocycles. The number of thioether (sulfide) groups is 1. The molecular formula is C19H26N6O2S. The molecule has 3 N–H and O–H groups in total. The highest BCUT2D eigenvalue weighted by molar-refractivity contribution is 7.97. The molecule has 0 aliphatic carbocycles. The van der Waals surface area contributed by atoms with Crippen LogP contribution >= 0.6 is 11.8 Å². The minimum Gasteiger partial charge on any atom is -0.481 e. The first kappa shape index (κ1) is 20.2. The number of nitrogens with zero attached hydrogens (tertiary/aromatic N) is 4. The standard InChI is InChI=1S/C17H20N6O2.C2H6S/c1-10-9-25-6-5-23(10)14-8-13(18)20-17(21-14)12-7-15(24-2)22-16-11(12)3-4-19-16;1-3-2/h3-4,7-8,10H,5-6,9H2,1-2H3,(H,19,22)(H2,18,20,21);1-2H3. The van der Waals surface area contributed by atoms with Crippen LogP contribution in [0.4, 0.5) is 11.6 Å². The number of ether oxygens (including phenoxy) is 2. The summed E-state index contributed by atoms with van der Waals surface area (Å²) >= 11 is 1.75. The first-order valence-corrected chi connectivity index (χ1v) is 10.6. The lowest BCUT2D eigenvalue weighted by molar-refractivity contribution is 0.0985. The number of nitrogens with two attached hydrogens (primary N) is 1. The topological polar surface area (TPSA) is 102 Å². The predicted octanol–water partition coefficient (Wildman–Crippen LogP) is 2.82. The van der Waals surface area contributed by atoms with Gasteiger partial charge in [0.15, 0.2) is 5.82 Å². The lowest BCUT2D eigenvalue weighted by Gasteiger charge is -2.34. The van der Waals surface area contributed by atoms with Crippen molar-refractivity contribution in [2.45, 2.75) is 13.0 Å². The van der Waals surface area contributed by atoms with Crippen molar-refractivity contribution in [1.82, 2.24) is 19.9 Å². The second kappa shape index (κ2) is 9.11. The molecule has 0 aromatic carbocycles. The summed E-state index contributed by atoms with van der Waals surface area (Å²) in [6.45, 7) is 4.23. The SMILES string of the molecule is COc1cc(-c2nc(N)cc(N3CCOCC3C)n2)c2cc[nH]c2n1.CSC. The average Bonchev–Trinajstić information content (AvgIpc) is 3.16. The monoisotopic (exact) mass is 402 g/mol. The van der Waals surface area contributed by atoms with Gasteiger partial charge >= 0.3 is 0 Å². The van der Waals surface area contributed by atoms with Gasteiger partial charge in [-0.05, 0) is 25.5 Å². The van der Waals surface area contributed by atoms with Crippen LogP contribution in [0.2, 0.25) is 0 Å². The number of methoxy groups -OCH3 is 1. The average molecular weight is 403 g/mol. The van der Waals surface area contributed by atoms with Gasteiger partial charge in [-0.1, -0.05) is 0 Å². The lowest BCUT2D eigenvalue weighted by Crippen LogP contribution is -2.44. The van der Waals surface area contributed by atoms with Crippen molar-refractivity contribution in [1.29, 1.82) is 0 Å². The van der Waals surface area contributed by atoms with E-state index in [0.29, 0.717) is 30.7 Å². The Morgan fingerprint density at radius 1 is 1.29 bits per heavy atom. The number of morpholine rings is 1. The summed E-state index contributed by atoms with van der Waals surface area (Å²) in [4.78, 5) is 18.9. The van der Waals surface area contributed by atoms with E-state index in [9.17, 15) is 0 Å². The zero-order valence-electron chi connectivity index (χ0n) is 16.6. The van der Waals surface area contributed by atoms with E-state index in [1.807, 2.05) is 30.8 Å². The Hall–Kier alpha value is -2.52. The van der Waals surface area contributed by atoms with Crippen molar-refractivity contribution in [3.8, 4) is 17.3 Å². The zero-order valence-corrected chi connectivity index (χ0v) is 17.4. The van der Waals surface area contributed by atoms with Crippen LogP contribution < -0.4 is 15.4 Å². The molecule has 150 valence electrons. The van der Waals surface area contributed by atoms with Crippen molar-refractivity contribution in [2.24, 2.45) is 0 Å². The van der Waals surface area contributed by atoms with Crippen molar-refractivity contribution >= 4 is 34.4 Å². The van der Waals surface area contributed by atoms with Gasteiger partial charge in [0.2, 0.25) is 5.88 Å². The van der Waals surface area contributed by atoms with E-state index in [0.717, 1.165) is 29.0 Å². The highest BCUT2D eigenvalue weighted by Crippen LogP contribution is 2.30. The Morgan fingerprint density at radius 3 is 2.79 bits per heavy atom. The fourth-order valence-electron chi connectivity index (χ4n) is 3.09. The number of pyridine rings is 1. The van der Waals surface area contributed by atoms with Gasteiger partial charge in [0.1, 0.15) is 17.3 Å². The zero-order chi connectivity index (χ0) is 20.1. The van der Waals surface area contributed by atoms with Crippen molar-refractivity contribution in [2.75, 3.05) is 50.0 Å². The Kier molecular flexibility index (Phi) is 6.58. The quantitative estimate of drug-likeness (QED) is 0.689. The normalized spacial score (nSPS) is 16.6. The molecule has 0 bridgehead atoms. The number of fused-ring (bicyclic) bond motifs is 1. The predicted molar refractivity (Wildman–Crippen MR) is 115 cm³/mol. The number of aromatic amines is 1. The summed E-state index contributed by atoms with van der Waals surface area (Å²) in [5.41, 5.74) is 7.63. The van der Waals surface area contributed by atoms with Gasteiger partial charge in [-0.25, -0.2) is 9.97 Å². The fraction of sp³-hybridized carbons (Fsp3) is 0.421. The molecule has 0 radical (unpaired) electrons. The number of rotatable bonds is 3. The van der Waals surface area contributed by atoms with E-state index < -0.39 is 0 Å². The molecule has 0 spiro atoms. The molecule has 0 amide bonds. The van der Waals surface area contributed by atoms with Crippen LogP contribution in [0.15, 0.2) is 24.4 Å². The largest absolute Gasteiger partial charge is 0.481 e. The van der Waals surface area contributed by atoms with Crippen LogP contribution in [0.25, 0.3) is 22.4 Å². The van der Waals surface area contributed by atoms with Crippen molar-refractivity contribution in [3.63, 3.8) is 0 Å². The first-order valence-electron chi connectivity index (χ1n) is 8.99.